The van der Waals surface area contributed by atoms with Crippen LogP contribution in [0.2, 0.25) is 0 Å². The van der Waals surface area contributed by atoms with Crippen LogP contribution < -0.4 is 5.73 Å². The summed E-state index contributed by atoms with van der Waals surface area (Å²) in [6.45, 7) is 0. The van der Waals surface area contributed by atoms with Gasteiger partial charge in [-0.15, -0.1) is 0 Å². The van der Waals surface area contributed by atoms with Crippen LogP contribution >= 0.6 is 15.9 Å². The Morgan fingerprint density at radius 3 is 2.36 bits per heavy atom. The maximum absolute atomic E-state index is 12.9. The third-order valence-corrected chi connectivity index (χ3v) is 1.93. The van der Waals surface area contributed by atoms with E-state index in [9.17, 15) is 8.78 Å². The predicted octanol–water partition coefficient (Wildman–Crippen LogP) is 2.68. The maximum Gasteiger partial charge on any atom is 0.150 e. The molecule has 1 aromatic rings. The lowest BCUT2D eigenvalue weighted by Crippen LogP contribution is -1.96. The van der Waals surface area contributed by atoms with Crippen LogP contribution in [0.3, 0.4) is 0 Å². The van der Waals surface area contributed by atoms with E-state index in [4.69, 9.17) is 5.73 Å². The Morgan fingerprint density at radius 2 is 1.86 bits per heavy atom. The van der Waals surface area contributed by atoms with E-state index in [2.05, 4.69) is 27.8 Å². The first-order valence-electron chi connectivity index (χ1n) is 3.94. The zero-order valence-electron chi connectivity index (χ0n) is 7.28. The van der Waals surface area contributed by atoms with Gasteiger partial charge in [0.05, 0.1) is 0 Å². The van der Waals surface area contributed by atoms with Crippen LogP contribution in [-0.2, 0) is 0 Å². The monoisotopic (exact) mass is 259 g/mol. The van der Waals surface area contributed by atoms with Gasteiger partial charge < -0.3 is 5.73 Å². The quantitative estimate of drug-likeness (QED) is 0.469. The normalized spacial score (nSPS) is 9.36. The second-order valence-corrected chi connectivity index (χ2v) is 3.39. The van der Waals surface area contributed by atoms with Crippen molar-refractivity contribution in [3.05, 3.63) is 29.3 Å². The van der Waals surface area contributed by atoms with Crippen molar-refractivity contribution in [2.24, 2.45) is 0 Å². The van der Waals surface area contributed by atoms with Crippen molar-refractivity contribution in [2.75, 3.05) is 11.1 Å². The van der Waals surface area contributed by atoms with Crippen molar-refractivity contribution in [3.8, 4) is 11.8 Å². The molecule has 1 aromatic carbocycles. The molecule has 14 heavy (non-hydrogen) atoms. The average Bonchev–Trinajstić information content (AvgIpc) is 2.14. The Hall–Kier alpha value is -1.08. The Bertz CT molecular complexity index is 370. The second kappa shape index (κ2) is 4.97. The summed E-state index contributed by atoms with van der Waals surface area (Å²) in [5.41, 5.74) is 4.94. The molecular weight excluding hydrogens is 252 g/mol. The summed E-state index contributed by atoms with van der Waals surface area (Å²) >= 11 is 3.19. The summed E-state index contributed by atoms with van der Waals surface area (Å²) in [4.78, 5) is 0. The smallest absolute Gasteiger partial charge is 0.150 e. The van der Waals surface area contributed by atoms with Crippen LogP contribution in [-0.4, -0.2) is 5.33 Å². The molecule has 0 spiro atoms. The largest absolute Gasteiger partial charge is 0.394 e. The van der Waals surface area contributed by atoms with Gasteiger partial charge in [-0.3, -0.25) is 0 Å². The third kappa shape index (κ3) is 2.71. The fourth-order valence-electron chi connectivity index (χ4n) is 0.868. The van der Waals surface area contributed by atoms with Crippen molar-refractivity contribution >= 4 is 21.6 Å². The van der Waals surface area contributed by atoms with Gasteiger partial charge in [0.2, 0.25) is 0 Å². The van der Waals surface area contributed by atoms with E-state index in [1.807, 2.05) is 0 Å². The maximum atomic E-state index is 12.9. The van der Waals surface area contributed by atoms with Crippen LogP contribution in [0.4, 0.5) is 14.5 Å². The molecule has 0 aliphatic carbocycles. The van der Waals surface area contributed by atoms with Crippen LogP contribution in [0.1, 0.15) is 12.0 Å². The highest BCUT2D eigenvalue weighted by atomic mass is 79.9. The molecule has 0 radical (unpaired) electrons. The van der Waals surface area contributed by atoms with Crippen LogP contribution in [0.25, 0.3) is 0 Å². The number of anilines is 1. The third-order valence-electron chi connectivity index (χ3n) is 1.53. The Balaban J connectivity index is 2.97. The van der Waals surface area contributed by atoms with Crippen LogP contribution in [0.5, 0.6) is 0 Å². The molecule has 0 atom stereocenters. The van der Waals surface area contributed by atoms with E-state index in [1.54, 1.807) is 0 Å². The lowest BCUT2D eigenvalue weighted by atomic mass is 10.2. The Kier molecular flexibility index (Phi) is 3.90. The van der Waals surface area contributed by atoms with Gasteiger partial charge in [-0.1, -0.05) is 27.8 Å². The van der Waals surface area contributed by atoms with Gasteiger partial charge in [0.15, 0.2) is 0 Å². The van der Waals surface area contributed by atoms with E-state index in [1.165, 1.54) is 0 Å². The summed E-state index contributed by atoms with van der Waals surface area (Å²) in [5, 5.41) is 0.736. The number of hydrogen-bond acceptors (Lipinski definition) is 1. The number of benzene rings is 1. The molecule has 0 saturated heterocycles. The van der Waals surface area contributed by atoms with Gasteiger partial charge in [-0.05, 0) is 12.1 Å². The summed E-state index contributed by atoms with van der Waals surface area (Å²) < 4.78 is 25.8. The van der Waals surface area contributed by atoms with Crippen molar-refractivity contribution in [2.45, 2.75) is 6.42 Å². The van der Waals surface area contributed by atoms with Gasteiger partial charge in [-0.2, -0.15) is 0 Å². The van der Waals surface area contributed by atoms with E-state index >= 15 is 0 Å². The van der Waals surface area contributed by atoms with Crippen LogP contribution in [0, 0.1) is 23.5 Å². The van der Waals surface area contributed by atoms with Crippen molar-refractivity contribution in [3.63, 3.8) is 0 Å². The zero-order valence-corrected chi connectivity index (χ0v) is 8.87. The zero-order chi connectivity index (χ0) is 10.6. The number of nitrogen functional groups attached to an aromatic ring is 1. The molecule has 0 aliphatic rings. The average molecular weight is 260 g/mol. The first kappa shape index (κ1) is 11.0. The minimum absolute atomic E-state index is 0.301. The highest BCUT2D eigenvalue weighted by Gasteiger charge is 2.05. The van der Waals surface area contributed by atoms with Gasteiger partial charge in [0.1, 0.15) is 17.3 Å². The molecule has 0 aromatic heterocycles. The first-order chi connectivity index (χ1) is 6.65. The number of halogens is 3. The summed E-state index contributed by atoms with van der Waals surface area (Å²) in [5.74, 6) is 3.85. The molecule has 0 aliphatic heterocycles. The fourth-order valence-corrected chi connectivity index (χ4v) is 1.07. The summed E-state index contributed by atoms with van der Waals surface area (Å²) in [6.07, 6.45) is 0.633. The topological polar surface area (TPSA) is 26.0 Å². The van der Waals surface area contributed by atoms with Crippen molar-refractivity contribution < 1.29 is 8.78 Å². The molecule has 2 N–H and O–H groups in total. The van der Waals surface area contributed by atoms with Crippen LogP contribution in [0.15, 0.2) is 12.1 Å². The molecule has 0 bridgehead atoms. The Labute approximate surface area is 89.4 Å². The molecule has 4 heteroatoms. The molecule has 1 rings (SSSR count). The minimum atomic E-state index is -0.770. The number of hydrogen-bond donors (Lipinski definition) is 1. The number of nitrogens with two attached hydrogens (primary N) is 1. The molecule has 0 amide bonds. The van der Waals surface area contributed by atoms with E-state index < -0.39 is 17.3 Å². The van der Waals surface area contributed by atoms with E-state index in [0.29, 0.717) is 12.0 Å². The van der Waals surface area contributed by atoms with E-state index in [-0.39, 0.29) is 0 Å². The fraction of sp³-hybridized carbons (Fsp3) is 0.200. The van der Waals surface area contributed by atoms with Crippen molar-refractivity contribution in [1.29, 1.82) is 0 Å². The lowest BCUT2D eigenvalue weighted by molar-refractivity contribution is 0.591. The predicted molar refractivity (Wildman–Crippen MR) is 56.1 cm³/mol. The molecular formula is C10H8BrF2N. The molecule has 1 nitrogen and oxygen atoms in total. The highest BCUT2D eigenvalue weighted by molar-refractivity contribution is 9.09. The minimum Gasteiger partial charge on any atom is -0.394 e. The van der Waals surface area contributed by atoms with Gasteiger partial charge in [0.25, 0.3) is 0 Å². The Morgan fingerprint density at radius 1 is 1.29 bits per heavy atom. The number of rotatable bonds is 1. The first-order valence-corrected chi connectivity index (χ1v) is 5.06. The molecule has 74 valence electrons. The highest BCUT2D eigenvalue weighted by Crippen LogP contribution is 2.16. The molecule has 0 saturated carbocycles. The van der Waals surface area contributed by atoms with Crippen molar-refractivity contribution in [1.82, 2.24) is 0 Å². The van der Waals surface area contributed by atoms with Gasteiger partial charge in [0, 0.05) is 17.3 Å². The SMILES string of the molecule is Nc1c(F)cc(C#CCCBr)cc1F. The molecule has 0 fully saturated rings. The van der Waals surface area contributed by atoms with Gasteiger partial charge in [-0.25, -0.2) is 8.78 Å². The molecule has 0 unspecified atom stereocenters. The number of alkyl halides is 1. The van der Waals surface area contributed by atoms with Gasteiger partial charge >= 0.3 is 0 Å². The molecule has 0 heterocycles. The van der Waals surface area contributed by atoms with E-state index in [0.717, 1.165) is 17.5 Å². The summed E-state index contributed by atoms with van der Waals surface area (Å²) in [6, 6.07) is 2.25. The standard InChI is InChI=1S/C10H8BrF2N/c11-4-2-1-3-7-5-8(12)10(14)9(13)6-7/h5-6H,2,4,14H2. The lowest BCUT2D eigenvalue weighted by Gasteiger charge is -1.98. The summed E-state index contributed by atoms with van der Waals surface area (Å²) in [7, 11) is 0. The second-order valence-electron chi connectivity index (χ2n) is 2.59.